The number of carbonyl (C=O) groups excluding carboxylic acids is 7. The number of aromatic hydroxyl groups is 2. The number of amides is 5. The van der Waals surface area contributed by atoms with Gasteiger partial charge in [0.25, 0.3) is 5.91 Å². The van der Waals surface area contributed by atoms with Gasteiger partial charge in [0, 0.05) is 94.3 Å². The number of pyridine rings is 1. The Labute approximate surface area is 458 Å². The summed E-state index contributed by atoms with van der Waals surface area (Å²) in [5.41, 5.74) is 0.122. The van der Waals surface area contributed by atoms with Crippen LogP contribution in [0.3, 0.4) is 0 Å². The molecule has 0 bridgehead atoms. The van der Waals surface area contributed by atoms with Crippen LogP contribution in [0.1, 0.15) is 105 Å². The molecule has 0 spiro atoms. The fraction of sp³-hybridized carbons (Fsp3) is 0.528. The van der Waals surface area contributed by atoms with Crippen LogP contribution in [0.25, 0.3) is 0 Å². The van der Waals surface area contributed by atoms with Crippen LogP contribution >= 0.6 is 0 Å². The third-order valence-electron chi connectivity index (χ3n) is 13.5. The normalized spacial score (nSPS) is 19.4. The van der Waals surface area contributed by atoms with E-state index in [1.165, 1.54) is 25.3 Å². The van der Waals surface area contributed by atoms with E-state index in [9.17, 15) is 57.3 Å². The predicted molar refractivity (Wildman–Crippen MR) is 283 cm³/mol. The van der Waals surface area contributed by atoms with Gasteiger partial charge >= 0.3 is 0 Å². The number of nitriles is 1. The van der Waals surface area contributed by atoms with E-state index < -0.39 is 44.4 Å². The molecule has 2 aromatic carbocycles. The molecule has 2 saturated heterocycles. The summed E-state index contributed by atoms with van der Waals surface area (Å²) in [5.74, 6) is -3.36. The van der Waals surface area contributed by atoms with E-state index in [-0.39, 0.29) is 119 Å². The SMILES string of the molecule is CCNC(=O)CCNC(=O)c1ccc(C#N)c(S(C)(=O)=O)n1.COC1CN(C2CCOC(C)C2O)CCO1.COc1cccc2c1C(=O)c1c(O)c3c(c(O)c1C2=O)C[C@@H](C(=O)NCCCNCCCNC(=O)CNC=O)CC3. The highest BCUT2D eigenvalue weighted by atomic mass is 32.2. The zero-order chi connectivity index (χ0) is 57.8. The van der Waals surface area contributed by atoms with E-state index in [1.807, 2.05) is 6.92 Å². The van der Waals surface area contributed by atoms with Gasteiger partial charge in [-0.05, 0) is 83.7 Å². The van der Waals surface area contributed by atoms with Gasteiger partial charge in [-0.15, -0.1) is 0 Å². The van der Waals surface area contributed by atoms with Crippen molar-refractivity contribution in [3.8, 4) is 23.3 Å². The highest BCUT2D eigenvalue weighted by molar-refractivity contribution is 7.90. The summed E-state index contributed by atoms with van der Waals surface area (Å²) in [6.45, 7) is 9.49. The maximum absolute atomic E-state index is 13.4. The minimum absolute atomic E-state index is 0.0475. The van der Waals surface area contributed by atoms with Crippen molar-refractivity contribution in [1.82, 2.24) is 41.8 Å². The number of fused-ring (bicyclic) bond motifs is 3. The second-order valence-electron chi connectivity index (χ2n) is 18.8. The summed E-state index contributed by atoms with van der Waals surface area (Å²) in [6.07, 6.45) is 3.92. The Morgan fingerprint density at radius 1 is 0.886 bits per heavy atom. The molecule has 5 atom stereocenters. The Bertz CT molecular complexity index is 2840. The van der Waals surface area contributed by atoms with Crippen LogP contribution in [-0.4, -0.2) is 192 Å². The van der Waals surface area contributed by atoms with Crippen LogP contribution in [0.4, 0.5) is 0 Å². The molecule has 1 aromatic heterocycles. The molecule has 2 aliphatic carbocycles. The third-order valence-corrected chi connectivity index (χ3v) is 14.5. The summed E-state index contributed by atoms with van der Waals surface area (Å²) < 4.78 is 44.5. The topological polar surface area (TPSA) is 363 Å². The van der Waals surface area contributed by atoms with Gasteiger partial charge in [-0.3, -0.25) is 38.5 Å². The second-order valence-corrected chi connectivity index (χ2v) is 20.8. The van der Waals surface area contributed by atoms with Gasteiger partial charge in [0.15, 0.2) is 26.9 Å². The summed E-state index contributed by atoms with van der Waals surface area (Å²) in [5, 5.41) is 56.9. The molecule has 5 amide bonds. The van der Waals surface area contributed by atoms with Crippen LogP contribution in [0, 0.1) is 17.2 Å². The Morgan fingerprint density at radius 3 is 2.27 bits per heavy atom. The number of phenols is 2. The molecule has 2 fully saturated rings. The van der Waals surface area contributed by atoms with Crippen molar-refractivity contribution in [2.24, 2.45) is 5.92 Å². The van der Waals surface area contributed by atoms with Crippen molar-refractivity contribution in [3.63, 3.8) is 0 Å². The van der Waals surface area contributed by atoms with Crippen LogP contribution < -0.4 is 36.6 Å². The molecule has 4 unspecified atom stereocenters. The van der Waals surface area contributed by atoms with Gasteiger partial charge in [0.2, 0.25) is 29.9 Å². The molecule has 26 heteroatoms. The Hall–Kier alpha value is -7.12. The number of benzene rings is 2. The number of aromatic nitrogens is 1. The van der Waals surface area contributed by atoms with E-state index >= 15 is 0 Å². The van der Waals surface area contributed by atoms with Crippen LogP contribution in [0.2, 0.25) is 0 Å². The number of nitrogens with zero attached hydrogens (tertiary/aromatic N) is 3. The number of aliphatic hydroxyl groups is 1. The largest absolute Gasteiger partial charge is 0.507 e. The van der Waals surface area contributed by atoms with E-state index in [2.05, 4.69) is 41.8 Å². The van der Waals surface area contributed by atoms with Gasteiger partial charge in [-0.25, -0.2) is 13.4 Å². The average molecular weight is 1120 g/mol. The molecule has 0 saturated carbocycles. The van der Waals surface area contributed by atoms with Crippen LogP contribution in [0.15, 0.2) is 35.4 Å². The highest BCUT2D eigenvalue weighted by Gasteiger charge is 2.41. The number of hydrogen-bond acceptors (Lipinski definition) is 20. The Morgan fingerprint density at radius 2 is 1.59 bits per heavy atom. The lowest BCUT2D eigenvalue weighted by Crippen LogP contribution is -2.57. The van der Waals surface area contributed by atoms with Gasteiger partial charge in [0.05, 0.1) is 54.7 Å². The molecule has 25 nitrogen and oxygen atoms in total. The number of ketones is 2. The van der Waals surface area contributed by atoms with Crippen molar-refractivity contribution in [1.29, 1.82) is 5.26 Å². The summed E-state index contributed by atoms with van der Waals surface area (Å²) in [7, 11) is -0.684. The monoisotopic (exact) mass is 1120 g/mol. The molecular formula is C53H71N9O16S. The number of methoxy groups -OCH3 is 2. The standard InChI is InChI=1S/C29H34N4O8.C13H16N4O4S.C11H21NO4/c1-41-20-6-2-5-18-22(20)28(39)24-23(26(18)37)27(38)19-13-16(7-8-17(19)25(24)36)29(40)33-12-4-10-30-9-3-11-32-21(35)14-31-15-34;1-3-15-11(18)6-7-16-12(19)10-5-4-9(8-14)13(17-10)22(2,20)21;1-8-11(13)9(3-5-15-8)12-4-6-16-10(7-12)14-2/h2,5-6,15-16,30,36,38H,3-4,7-14H2,1H3,(H,31,34)(H,32,35)(H,33,40);4-5H,3,6-7H2,1-2H3,(H,15,18)(H,16,19);8-11,13H,3-7H2,1-2H3/t16-;;/m0../s1. The number of carbonyl (C=O) groups is 7. The molecular weight excluding hydrogens is 1050 g/mol. The van der Waals surface area contributed by atoms with Gasteiger partial charge < -0.3 is 66.2 Å². The molecule has 7 rings (SSSR count). The van der Waals surface area contributed by atoms with Crippen molar-refractivity contribution >= 4 is 51.4 Å². The molecule has 4 aliphatic rings. The second kappa shape index (κ2) is 30.3. The maximum Gasteiger partial charge on any atom is 0.269 e. The smallest absolute Gasteiger partial charge is 0.269 e. The highest BCUT2D eigenvalue weighted by Crippen LogP contribution is 2.47. The number of sulfone groups is 1. The molecule has 9 N–H and O–H groups in total. The first-order valence-corrected chi connectivity index (χ1v) is 27.8. The minimum Gasteiger partial charge on any atom is -0.507 e. The van der Waals surface area contributed by atoms with Crippen molar-refractivity contribution in [2.75, 3.05) is 92.6 Å². The first kappa shape index (κ1) is 62.7. The number of nitrogens with one attached hydrogen (secondary N) is 6. The summed E-state index contributed by atoms with van der Waals surface area (Å²) in [4.78, 5) is 90.2. The zero-order valence-corrected chi connectivity index (χ0v) is 45.8. The first-order chi connectivity index (χ1) is 37.8. The number of rotatable bonds is 21. The third kappa shape index (κ3) is 16.7. The number of aliphatic hydroxyl groups excluding tert-OH is 1. The van der Waals surface area contributed by atoms with E-state index in [4.69, 9.17) is 24.2 Å². The number of morpholine rings is 1. The van der Waals surface area contributed by atoms with Gasteiger partial charge in [-0.1, -0.05) is 12.1 Å². The van der Waals surface area contributed by atoms with Gasteiger partial charge in [-0.2, -0.15) is 5.26 Å². The fourth-order valence-corrected chi connectivity index (χ4v) is 10.2. The lowest BCUT2D eigenvalue weighted by atomic mass is 9.75. The Kier molecular flexibility index (Phi) is 24.1. The lowest BCUT2D eigenvalue weighted by molar-refractivity contribution is -0.190. The number of phenolic OH excluding ortho intramolecular Hbond substituents is 2. The van der Waals surface area contributed by atoms with Crippen molar-refractivity contribution in [2.45, 2.75) is 88.4 Å². The molecule has 3 heterocycles. The van der Waals surface area contributed by atoms with E-state index in [1.54, 1.807) is 32.2 Å². The molecule has 3 aromatic rings. The van der Waals surface area contributed by atoms with E-state index in [0.29, 0.717) is 76.1 Å². The first-order valence-electron chi connectivity index (χ1n) is 25.9. The summed E-state index contributed by atoms with van der Waals surface area (Å²) in [6, 6.07) is 8.99. The minimum atomic E-state index is -3.72. The van der Waals surface area contributed by atoms with Gasteiger partial charge in [0.1, 0.15) is 29.0 Å². The molecule has 430 valence electrons. The van der Waals surface area contributed by atoms with Crippen LogP contribution in [-0.2, 0) is 56.1 Å². The van der Waals surface area contributed by atoms with Crippen LogP contribution in [0.5, 0.6) is 17.2 Å². The van der Waals surface area contributed by atoms with E-state index in [0.717, 1.165) is 32.4 Å². The van der Waals surface area contributed by atoms with Crippen molar-refractivity contribution < 1.29 is 76.2 Å². The predicted octanol–water partition coefficient (Wildman–Crippen LogP) is -0.223. The number of ether oxygens (including phenoxy) is 4. The molecule has 0 radical (unpaired) electrons. The number of hydrogen-bond donors (Lipinski definition) is 9. The lowest BCUT2D eigenvalue weighted by Gasteiger charge is -2.43. The molecule has 79 heavy (non-hydrogen) atoms. The zero-order valence-electron chi connectivity index (χ0n) is 45.0. The molecule has 2 aliphatic heterocycles. The average Bonchev–Trinajstić information content (AvgIpc) is 3.65. The fourth-order valence-electron chi connectivity index (χ4n) is 9.40. The summed E-state index contributed by atoms with van der Waals surface area (Å²) >= 11 is 0. The quantitative estimate of drug-likeness (QED) is 0.0296. The maximum atomic E-state index is 13.4. The Balaban J connectivity index is 0.000000251. The van der Waals surface area contributed by atoms with Crippen molar-refractivity contribution in [3.05, 3.63) is 75.0 Å².